The van der Waals surface area contributed by atoms with Gasteiger partial charge in [-0.25, -0.2) is 14.4 Å². The van der Waals surface area contributed by atoms with Crippen molar-refractivity contribution in [3.05, 3.63) is 65.2 Å². The van der Waals surface area contributed by atoms with Crippen molar-refractivity contribution in [3.8, 4) is 0 Å². The van der Waals surface area contributed by atoms with Gasteiger partial charge in [-0.05, 0) is 36.8 Å². The van der Waals surface area contributed by atoms with Crippen LogP contribution in [-0.2, 0) is 19.1 Å². The molecule has 0 aliphatic rings. The number of nitrogens with zero attached hydrogens (tertiary/aromatic N) is 2. The molecular formula is C20H22F4IN5. The highest BCUT2D eigenvalue weighted by Crippen LogP contribution is 2.32. The van der Waals surface area contributed by atoms with Gasteiger partial charge >= 0.3 is 6.18 Å². The van der Waals surface area contributed by atoms with Crippen LogP contribution in [0.4, 0.5) is 17.6 Å². The number of imidazole rings is 1. The minimum atomic E-state index is -4.64. The van der Waals surface area contributed by atoms with Gasteiger partial charge in [-0.1, -0.05) is 18.2 Å². The summed E-state index contributed by atoms with van der Waals surface area (Å²) in [5, 5.41) is 6.07. The Morgan fingerprint density at radius 3 is 2.60 bits per heavy atom. The van der Waals surface area contributed by atoms with Gasteiger partial charge in [0.1, 0.15) is 11.6 Å². The van der Waals surface area contributed by atoms with Gasteiger partial charge in [-0.3, -0.25) is 0 Å². The monoisotopic (exact) mass is 535 g/mol. The summed E-state index contributed by atoms with van der Waals surface area (Å²) in [4.78, 5) is 11.9. The quantitative estimate of drug-likeness (QED) is 0.187. The number of aliphatic imine (C=N–C) groups is 1. The van der Waals surface area contributed by atoms with Crippen LogP contribution in [0.25, 0.3) is 11.0 Å². The highest BCUT2D eigenvalue weighted by Gasteiger charge is 2.33. The highest BCUT2D eigenvalue weighted by atomic mass is 127. The lowest BCUT2D eigenvalue weighted by Gasteiger charge is -2.13. The molecule has 0 atom stereocenters. The van der Waals surface area contributed by atoms with Crippen molar-refractivity contribution in [2.75, 3.05) is 13.1 Å². The molecule has 3 N–H and O–H groups in total. The Bertz CT molecular complexity index is 967. The summed E-state index contributed by atoms with van der Waals surface area (Å²) in [6.07, 6.45) is -4.05. The normalized spacial score (nSPS) is 12.0. The smallest absolute Gasteiger partial charge is 0.357 e. The predicted octanol–water partition coefficient (Wildman–Crippen LogP) is 4.64. The highest BCUT2D eigenvalue weighted by molar-refractivity contribution is 14.0. The number of guanidine groups is 1. The van der Waals surface area contributed by atoms with Crippen molar-refractivity contribution in [3.63, 3.8) is 0 Å². The molecule has 3 rings (SSSR count). The first kappa shape index (κ1) is 23.9. The number of aromatic nitrogens is 2. The molecule has 0 spiro atoms. The number of hydrogen-bond acceptors (Lipinski definition) is 2. The van der Waals surface area contributed by atoms with Gasteiger partial charge in [-0.2, -0.15) is 13.2 Å². The lowest BCUT2D eigenvalue weighted by molar-refractivity contribution is -0.138. The van der Waals surface area contributed by atoms with Gasteiger partial charge in [0.2, 0.25) is 0 Å². The number of para-hydroxylation sites is 2. The topological polar surface area (TPSA) is 65.1 Å². The molecule has 0 fully saturated rings. The number of halogens is 5. The van der Waals surface area contributed by atoms with Crippen LogP contribution >= 0.6 is 24.0 Å². The fraction of sp³-hybridized carbons (Fsp3) is 0.300. The molecular weight excluding hydrogens is 513 g/mol. The molecule has 5 nitrogen and oxygen atoms in total. The molecule has 0 saturated heterocycles. The number of hydrogen-bond donors (Lipinski definition) is 3. The second-order valence-electron chi connectivity index (χ2n) is 6.37. The van der Waals surface area contributed by atoms with Crippen LogP contribution < -0.4 is 10.6 Å². The summed E-state index contributed by atoms with van der Waals surface area (Å²) in [6, 6.07) is 10.3. The van der Waals surface area contributed by atoms with Crippen molar-refractivity contribution in [2.24, 2.45) is 4.99 Å². The minimum absolute atomic E-state index is 0. The van der Waals surface area contributed by atoms with E-state index in [1.54, 1.807) is 0 Å². The average molecular weight is 535 g/mol. The maximum atomic E-state index is 13.2. The van der Waals surface area contributed by atoms with Crippen LogP contribution in [0.2, 0.25) is 0 Å². The first-order chi connectivity index (χ1) is 13.9. The molecule has 0 radical (unpaired) electrons. The molecule has 30 heavy (non-hydrogen) atoms. The van der Waals surface area contributed by atoms with Gasteiger partial charge < -0.3 is 15.6 Å². The van der Waals surface area contributed by atoms with E-state index in [4.69, 9.17) is 0 Å². The second kappa shape index (κ2) is 10.6. The van der Waals surface area contributed by atoms with Crippen LogP contribution in [0.1, 0.15) is 23.9 Å². The zero-order valence-electron chi connectivity index (χ0n) is 16.2. The summed E-state index contributed by atoms with van der Waals surface area (Å²) >= 11 is 0. The van der Waals surface area contributed by atoms with Gasteiger partial charge in [0.15, 0.2) is 5.96 Å². The summed E-state index contributed by atoms with van der Waals surface area (Å²) in [7, 11) is 0. The van der Waals surface area contributed by atoms with Gasteiger partial charge in [-0.15, -0.1) is 24.0 Å². The molecule has 10 heteroatoms. The fourth-order valence-electron chi connectivity index (χ4n) is 2.88. The number of rotatable bonds is 6. The number of aromatic amines is 1. The molecule has 3 aromatic rings. The number of nitrogens with one attached hydrogen (secondary N) is 3. The lowest BCUT2D eigenvalue weighted by atomic mass is 10.1. The molecule has 0 unspecified atom stereocenters. The van der Waals surface area contributed by atoms with E-state index >= 15 is 0 Å². The largest absolute Gasteiger partial charge is 0.416 e. The van der Waals surface area contributed by atoms with Crippen LogP contribution in [0.5, 0.6) is 0 Å². The van der Waals surface area contributed by atoms with Crippen LogP contribution in [0.3, 0.4) is 0 Å². The summed E-state index contributed by atoms with van der Waals surface area (Å²) in [5.41, 5.74) is 0.714. The van der Waals surface area contributed by atoms with E-state index in [1.807, 2.05) is 31.2 Å². The lowest BCUT2D eigenvalue weighted by Crippen LogP contribution is -2.38. The Hall–Kier alpha value is -2.37. The fourth-order valence-corrected chi connectivity index (χ4v) is 2.88. The third-order valence-electron chi connectivity index (χ3n) is 4.22. The summed E-state index contributed by atoms with van der Waals surface area (Å²) in [5.74, 6) is 0.245. The van der Waals surface area contributed by atoms with E-state index in [-0.39, 0.29) is 36.1 Å². The summed E-state index contributed by atoms with van der Waals surface area (Å²) in [6.45, 7) is 2.66. The number of alkyl halides is 3. The van der Waals surface area contributed by atoms with Crippen LogP contribution in [0.15, 0.2) is 47.5 Å². The van der Waals surface area contributed by atoms with Crippen LogP contribution in [0, 0.1) is 5.82 Å². The van der Waals surface area contributed by atoms with E-state index in [2.05, 4.69) is 25.6 Å². The molecule has 1 aromatic heterocycles. The third-order valence-corrected chi connectivity index (χ3v) is 4.22. The molecule has 162 valence electrons. The van der Waals surface area contributed by atoms with Crippen molar-refractivity contribution in [2.45, 2.75) is 26.1 Å². The molecule has 1 heterocycles. The van der Waals surface area contributed by atoms with E-state index in [1.165, 1.54) is 0 Å². The van der Waals surface area contributed by atoms with E-state index in [0.29, 0.717) is 31.5 Å². The van der Waals surface area contributed by atoms with Crippen molar-refractivity contribution < 1.29 is 17.6 Å². The Labute approximate surface area is 188 Å². The third kappa shape index (κ3) is 6.31. The zero-order chi connectivity index (χ0) is 20.9. The average Bonchev–Trinajstić information content (AvgIpc) is 3.09. The Morgan fingerprint density at radius 1 is 1.13 bits per heavy atom. The van der Waals surface area contributed by atoms with E-state index < -0.39 is 17.6 Å². The second-order valence-corrected chi connectivity index (χ2v) is 6.37. The molecule has 0 aliphatic heterocycles. The maximum Gasteiger partial charge on any atom is 0.416 e. The molecule has 0 amide bonds. The van der Waals surface area contributed by atoms with Crippen molar-refractivity contribution in [1.29, 1.82) is 0 Å². The predicted molar refractivity (Wildman–Crippen MR) is 119 cm³/mol. The summed E-state index contributed by atoms with van der Waals surface area (Å²) < 4.78 is 52.6. The molecule has 0 bridgehead atoms. The first-order valence-electron chi connectivity index (χ1n) is 9.18. The van der Waals surface area contributed by atoms with Gasteiger partial charge in [0, 0.05) is 19.5 Å². The van der Waals surface area contributed by atoms with Crippen molar-refractivity contribution in [1.82, 2.24) is 20.6 Å². The van der Waals surface area contributed by atoms with Gasteiger partial charge in [0.05, 0.1) is 23.1 Å². The standard InChI is InChI=1S/C20H21F4N5.HI/c1-2-25-19(26-10-9-18-28-16-5-3-4-6-17(16)29-18)27-12-13-7-8-14(21)11-15(13)20(22,23)24;/h3-8,11H,2,9-10,12H2,1H3,(H,28,29)(H2,25,26,27);1H. The zero-order valence-corrected chi connectivity index (χ0v) is 18.5. The number of H-pyrrole nitrogens is 1. The van der Waals surface area contributed by atoms with Crippen LogP contribution in [-0.4, -0.2) is 29.0 Å². The van der Waals surface area contributed by atoms with Crippen molar-refractivity contribution >= 4 is 41.0 Å². The Kier molecular flexibility index (Phi) is 8.44. The van der Waals surface area contributed by atoms with E-state index in [0.717, 1.165) is 29.0 Å². The maximum absolute atomic E-state index is 13.2. The molecule has 2 aromatic carbocycles. The number of benzene rings is 2. The Morgan fingerprint density at radius 2 is 1.90 bits per heavy atom. The van der Waals surface area contributed by atoms with E-state index in [9.17, 15) is 17.6 Å². The first-order valence-corrected chi connectivity index (χ1v) is 9.18. The molecule has 0 saturated carbocycles. The Balaban J connectivity index is 0.00000320. The minimum Gasteiger partial charge on any atom is -0.357 e. The number of fused-ring (bicyclic) bond motifs is 1. The molecule has 0 aliphatic carbocycles. The SMILES string of the molecule is CCNC(=NCc1ccc(F)cc1C(F)(F)F)NCCc1nc2ccccc2[nH]1.I. The van der Waals surface area contributed by atoms with Gasteiger partial charge in [0.25, 0.3) is 0 Å².